The Labute approximate surface area is 63.2 Å². The molecule has 0 fully saturated rings. The Balaban J connectivity index is 4.25. The fraction of sp³-hybridized carbons (Fsp3) is 0.444. The van der Waals surface area contributed by atoms with E-state index in [1.807, 2.05) is 13.0 Å². The highest BCUT2D eigenvalue weighted by Crippen LogP contribution is 2.10. The molecule has 0 aromatic carbocycles. The first-order chi connectivity index (χ1) is 4.72. The molecule has 0 atom stereocenters. The van der Waals surface area contributed by atoms with E-state index in [0.717, 1.165) is 0 Å². The summed E-state index contributed by atoms with van der Waals surface area (Å²) >= 11 is 0. The lowest BCUT2D eigenvalue weighted by Gasteiger charge is -2.02. The van der Waals surface area contributed by atoms with Crippen LogP contribution in [-0.4, -0.2) is 6.72 Å². The van der Waals surface area contributed by atoms with Gasteiger partial charge in [0.2, 0.25) is 0 Å². The summed E-state index contributed by atoms with van der Waals surface area (Å²) < 4.78 is 0. The smallest absolute Gasteiger partial charge is 0.0295 e. The van der Waals surface area contributed by atoms with Gasteiger partial charge in [0.15, 0.2) is 0 Å². The molecule has 0 saturated carbocycles. The molecule has 0 aliphatic rings. The van der Waals surface area contributed by atoms with Gasteiger partial charge in [-0.15, -0.1) is 0 Å². The first kappa shape index (κ1) is 9.15. The largest absolute Gasteiger partial charge is 0.272 e. The van der Waals surface area contributed by atoms with Gasteiger partial charge in [0.25, 0.3) is 0 Å². The quantitative estimate of drug-likeness (QED) is 0.419. The summed E-state index contributed by atoms with van der Waals surface area (Å²) in [5.74, 6) is 0.529. The maximum atomic E-state index is 3.71. The molecule has 0 radical (unpaired) electrons. The third-order valence-corrected chi connectivity index (χ3v) is 1.27. The number of aliphatic imine (C=N–C) groups is 1. The van der Waals surface area contributed by atoms with E-state index < -0.39 is 0 Å². The summed E-state index contributed by atoms with van der Waals surface area (Å²) in [6.07, 6.45) is 5.86. The Bertz CT molecular complexity index is 152. The molecule has 1 heteroatoms. The van der Waals surface area contributed by atoms with Gasteiger partial charge in [0.05, 0.1) is 0 Å². The van der Waals surface area contributed by atoms with Crippen LogP contribution in [0.3, 0.4) is 0 Å². The molecule has 0 aliphatic heterocycles. The maximum absolute atomic E-state index is 3.71. The van der Waals surface area contributed by atoms with Gasteiger partial charge in [0, 0.05) is 6.20 Å². The van der Waals surface area contributed by atoms with Crippen molar-refractivity contribution >= 4 is 6.72 Å². The second-order valence-electron chi connectivity index (χ2n) is 2.47. The Hall–Kier alpha value is -0.850. The van der Waals surface area contributed by atoms with Crippen molar-refractivity contribution in [3.63, 3.8) is 0 Å². The molecule has 0 amide bonds. The molecule has 10 heavy (non-hydrogen) atoms. The topological polar surface area (TPSA) is 12.4 Å². The SMILES string of the molecule is C=N/C=C(\C=C/C)C(C)C. The molecular formula is C9H15N. The average Bonchev–Trinajstić information content (AvgIpc) is 1.87. The van der Waals surface area contributed by atoms with E-state index in [2.05, 4.69) is 31.6 Å². The van der Waals surface area contributed by atoms with Crippen LogP contribution in [0.25, 0.3) is 0 Å². The third-order valence-electron chi connectivity index (χ3n) is 1.27. The zero-order valence-corrected chi connectivity index (χ0v) is 6.96. The summed E-state index contributed by atoms with van der Waals surface area (Å²) in [4.78, 5) is 3.71. The first-order valence-corrected chi connectivity index (χ1v) is 3.51. The minimum atomic E-state index is 0.529. The molecule has 1 nitrogen and oxygen atoms in total. The highest BCUT2D eigenvalue weighted by molar-refractivity contribution is 5.29. The lowest BCUT2D eigenvalue weighted by Crippen LogP contribution is -1.88. The standard InChI is InChI=1S/C9H15N/c1-5-6-9(7-10-4)8(2)3/h5-8H,4H2,1-3H3/b6-5-,9-7+. The summed E-state index contributed by atoms with van der Waals surface area (Å²) in [5, 5.41) is 0. The molecule has 0 spiro atoms. The lowest BCUT2D eigenvalue weighted by molar-refractivity contribution is 0.788. The van der Waals surface area contributed by atoms with Gasteiger partial charge in [-0.05, 0) is 25.1 Å². The number of allylic oxidation sites excluding steroid dienone is 3. The van der Waals surface area contributed by atoms with Gasteiger partial charge < -0.3 is 0 Å². The van der Waals surface area contributed by atoms with Crippen molar-refractivity contribution in [3.05, 3.63) is 23.9 Å². The fourth-order valence-electron chi connectivity index (χ4n) is 0.682. The Kier molecular flexibility index (Phi) is 4.55. The predicted molar refractivity (Wildman–Crippen MR) is 47.3 cm³/mol. The number of hydrogen-bond donors (Lipinski definition) is 0. The van der Waals surface area contributed by atoms with E-state index in [0.29, 0.717) is 5.92 Å². The molecular weight excluding hydrogens is 122 g/mol. The normalized spacial score (nSPS) is 13.0. The van der Waals surface area contributed by atoms with Crippen molar-refractivity contribution in [2.24, 2.45) is 10.9 Å². The zero-order chi connectivity index (χ0) is 7.98. The molecule has 0 heterocycles. The van der Waals surface area contributed by atoms with Gasteiger partial charge in [-0.25, -0.2) is 0 Å². The van der Waals surface area contributed by atoms with E-state index in [-0.39, 0.29) is 0 Å². The van der Waals surface area contributed by atoms with Crippen molar-refractivity contribution in [1.29, 1.82) is 0 Å². The average molecular weight is 137 g/mol. The molecule has 0 rings (SSSR count). The molecule has 56 valence electrons. The minimum Gasteiger partial charge on any atom is -0.272 e. The van der Waals surface area contributed by atoms with Crippen LogP contribution in [0.2, 0.25) is 0 Å². The molecule has 0 N–H and O–H groups in total. The van der Waals surface area contributed by atoms with Gasteiger partial charge in [-0.2, -0.15) is 0 Å². The van der Waals surface area contributed by atoms with E-state index in [9.17, 15) is 0 Å². The minimum absolute atomic E-state index is 0.529. The van der Waals surface area contributed by atoms with Crippen LogP contribution in [0.4, 0.5) is 0 Å². The number of rotatable bonds is 3. The van der Waals surface area contributed by atoms with Crippen LogP contribution in [0.15, 0.2) is 28.9 Å². The van der Waals surface area contributed by atoms with Crippen molar-refractivity contribution in [2.45, 2.75) is 20.8 Å². The monoisotopic (exact) mass is 137 g/mol. The summed E-state index contributed by atoms with van der Waals surface area (Å²) in [5.41, 5.74) is 1.22. The van der Waals surface area contributed by atoms with E-state index in [1.54, 1.807) is 6.20 Å². The van der Waals surface area contributed by atoms with Crippen LogP contribution in [0.1, 0.15) is 20.8 Å². The second kappa shape index (κ2) is 4.98. The van der Waals surface area contributed by atoms with Crippen LogP contribution in [0.5, 0.6) is 0 Å². The van der Waals surface area contributed by atoms with Gasteiger partial charge in [-0.3, -0.25) is 4.99 Å². The molecule has 0 bridgehead atoms. The fourth-order valence-corrected chi connectivity index (χ4v) is 0.682. The number of hydrogen-bond acceptors (Lipinski definition) is 1. The molecule has 0 aliphatic carbocycles. The Morgan fingerprint density at radius 2 is 2.10 bits per heavy atom. The van der Waals surface area contributed by atoms with Crippen LogP contribution in [-0.2, 0) is 0 Å². The van der Waals surface area contributed by atoms with Crippen LogP contribution >= 0.6 is 0 Å². The van der Waals surface area contributed by atoms with Gasteiger partial charge in [0.1, 0.15) is 0 Å². The zero-order valence-electron chi connectivity index (χ0n) is 6.96. The van der Waals surface area contributed by atoms with Crippen molar-refractivity contribution < 1.29 is 0 Å². The lowest BCUT2D eigenvalue weighted by atomic mass is 10.0. The summed E-state index contributed by atoms with van der Waals surface area (Å²) in [6.45, 7) is 9.68. The van der Waals surface area contributed by atoms with Gasteiger partial charge in [-0.1, -0.05) is 26.0 Å². The molecule has 0 saturated heterocycles. The highest BCUT2D eigenvalue weighted by atomic mass is 14.6. The molecule has 0 unspecified atom stereocenters. The first-order valence-electron chi connectivity index (χ1n) is 3.51. The van der Waals surface area contributed by atoms with E-state index in [4.69, 9.17) is 0 Å². The van der Waals surface area contributed by atoms with E-state index >= 15 is 0 Å². The van der Waals surface area contributed by atoms with Crippen molar-refractivity contribution in [2.75, 3.05) is 0 Å². The Morgan fingerprint density at radius 1 is 1.50 bits per heavy atom. The number of nitrogens with zero attached hydrogens (tertiary/aromatic N) is 1. The third kappa shape index (κ3) is 3.23. The van der Waals surface area contributed by atoms with Crippen LogP contribution < -0.4 is 0 Å². The molecule has 0 aromatic heterocycles. The maximum Gasteiger partial charge on any atom is 0.0295 e. The summed E-state index contributed by atoms with van der Waals surface area (Å²) in [6, 6.07) is 0. The van der Waals surface area contributed by atoms with Crippen molar-refractivity contribution in [3.8, 4) is 0 Å². The Morgan fingerprint density at radius 3 is 2.40 bits per heavy atom. The molecule has 0 aromatic rings. The summed E-state index contributed by atoms with van der Waals surface area (Å²) in [7, 11) is 0. The van der Waals surface area contributed by atoms with Crippen molar-refractivity contribution in [1.82, 2.24) is 0 Å². The van der Waals surface area contributed by atoms with E-state index in [1.165, 1.54) is 5.57 Å². The van der Waals surface area contributed by atoms with Gasteiger partial charge >= 0.3 is 0 Å². The predicted octanol–water partition coefficient (Wildman–Crippen LogP) is 2.80. The highest BCUT2D eigenvalue weighted by Gasteiger charge is 1.95. The second-order valence-corrected chi connectivity index (χ2v) is 2.47. The van der Waals surface area contributed by atoms with Crippen LogP contribution in [0, 0.1) is 5.92 Å².